The molecule has 1 aromatic heterocycles. The minimum absolute atomic E-state index is 0.293. The lowest BCUT2D eigenvalue weighted by Gasteiger charge is -1.99. The Balaban J connectivity index is 2.55. The summed E-state index contributed by atoms with van der Waals surface area (Å²) < 4.78 is 43.5. The van der Waals surface area contributed by atoms with Gasteiger partial charge in [0.25, 0.3) is 5.89 Å². The lowest BCUT2D eigenvalue weighted by atomic mass is 10.2. The molecule has 83 valence electrons. The summed E-state index contributed by atoms with van der Waals surface area (Å²) in [6, 6.07) is 0.983. The van der Waals surface area contributed by atoms with Gasteiger partial charge in [-0.3, -0.25) is 0 Å². The van der Waals surface area contributed by atoms with Crippen molar-refractivity contribution in [2.75, 3.05) is 0 Å². The molecule has 0 atom stereocenters. The molecule has 0 spiro atoms. The fraction of sp³-hybridized carbons (Fsp3) is 0.111. The van der Waals surface area contributed by atoms with Gasteiger partial charge < -0.3 is 4.52 Å². The van der Waals surface area contributed by atoms with Crippen LogP contribution in [0.2, 0.25) is 0 Å². The molecular formula is C9H4F3N2O2. The van der Waals surface area contributed by atoms with Crippen LogP contribution in [0.4, 0.5) is 13.2 Å². The van der Waals surface area contributed by atoms with Crippen molar-refractivity contribution in [3.05, 3.63) is 35.5 Å². The molecule has 0 fully saturated rings. The van der Waals surface area contributed by atoms with Crippen LogP contribution >= 0.6 is 0 Å². The van der Waals surface area contributed by atoms with Gasteiger partial charge in [-0.25, -0.2) is 18.3 Å². The maximum atomic E-state index is 13.2. The second-order valence-electron chi connectivity index (χ2n) is 2.90. The van der Waals surface area contributed by atoms with Crippen molar-refractivity contribution in [1.29, 1.82) is 0 Å². The van der Waals surface area contributed by atoms with Gasteiger partial charge in [0.1, 0.15) is 17.5 Å². The highest BCUT2D eigenvalue weighted by Crippen LogP contribution is 2.24. The molecule has 0 saturated heterocycles. The van der Waals surface area contributed by atoms with E-state index in [1.54, 1.807) is 0 Å². The highest BCUT2D eigenvalue weighted by molar-refractivity contribution is 5.56. The molecule has 2 aromatic rings. The lowest BCUT2D eigenvalue weighted by molar-refractivity contribution is 0.142. The molecule has 4 nitrogen and oxygen atoms in total. The number of aromatic nitrogens is 2. The van der Waals surface area contributed by atoms with E-state index in [9.17, 15) is 18.3 Å². The van der Waals surface area contributed by atoms with Crippen LogP contribution in [0.25, 0.3) is 11.4 Å². The smallest absolute Gasteiger partial charge is 0.256 e. The van der Waals surface area contributed by atoms with Gasteiger partial charge in [-0.1, -0.05) is 5.16 Å². The second-order valence-corrected chi connectivity index (χ2v) is 2.90. The van der Waals surface area contributed by atoms with E-state index in [0.717, 1.165) is 0 Å². The quantitative estimate of drug-likeness (QED) is 0.792. The molecule has 1 aromatic carbocycles. The molecule has 0 N–H and O–H groups in total. The highest BCUT2D eigenvalue weighted by atomic mass is 19.1. The maximum Gasteiger partial charge on any atom is 0.256 e. The lowest BCUT2D eigenvalue weighted by Crippen LogP contribution is -1.94. The predicted molar refractivity (Wildman–Crippen MR) is 44.0 cm³/mol. The fourth-order valence-electron chi connectivity index (χ4n) is 1.17. The van der Waals surface area contributed by atoms with Crippen molar-refractivity contribution < 1.29 is 22.8 Å². The number of hydrogen-bond acceptors (Lipinski definition) is 3. The molecule has 0 unspecified atom stereocenters. The van der Waals surface area contributed by atoms with Crippen LogP contribution < -0.4 is 0 Å². The normalized spacial score (nSPS) is 10.8. The number of hydrogen-bond donors (Lipinski definition) is 0. The van der Waals surface area contributed by atoms with Crippen molar-refractivity contribution >= 4 is 0 Å². The summed E-state index contributed by atoms with van der Waals surface area (Å²) in [6.45, 7) is -0.794. The van der Waals surface area contributed by atoms with Crippen molar-refractivity contribution in [2.24, 2.45) is 0 Å². The number of benzene rings is 1. The Labute approximate surface area is 87.3 Å². The zero-order valence-corrected chi connectivity index (χ0v) is 7.71. The van der Waals surface area contributed by atoms with Crippen molar-refractivity contribution in [3.8, 4) is 11.4 Å². The summed E-state index contributed by atoms with van der Waals surface area (Å²) in [5.74, 6) is -4.07. The van der Waals surface area contributed by atoms with Crippen molar-refractivity contribution in [1.82, 2.24) is 10.1 Å². The van der Waals surface area contributed by atoms with Crippen LogP contribution in [0.15, 0.2) is 16.7 Å². The average molecular weight is 229 g/mol. The van der Waals surface area contributed by atoms with E-state index in [4.69, 9.17) is 0 Å². The van der Waals surface area contributed by atoms with E-state index in [1.807, 2.05) is 0 Å². The fourth-order valence-corrected chi connectivity index (χ4v) is 1.17. The largest absolute Gasteiger partial charge is 0.336 e. The molecule has 7 heteroatoms. The van der Waals surface area contributed by atoms with Gasteiger partial charge >= 0.3 is 0 Å². The number of halogens is 3. The molecule has 1 radical (unpaired) electrons. The molecule has 16 heavy (non-hydrogen) atoms. The molecule has 0 aliphatic heterocycles. The third kappa shape index (κ3) is 1.76. The van der Waals surface area contributed by atoms with Gasteiger partial charge in [0.15, 0.2) is 6.61 Å². The Morgan fingerprint density at radius 3 is 2.31 bits per heavy atom. The number of nitrogens with zero attached hydrogens (tertiary/aromatic N) is 2. The third-order valence-corrected chi connectivity index (χ3v) is 1.82. The Bertz CT molecular complexity index is 504. The first-order chi connectivity index (χ1) is 7.61. The molecule has 0 amide bonds. The Morgan fingerprint density at radius 1 is 1.19 bits per heavy atom. The van der Waals surface area contributed by atoms with Crippen LogP contribution in [-0.4, -0.2) is 10.1 Å². The SMILES string of the molecule is [O]Cc1nc(-c2c(F)cc(F)cc2F)no1. The zero-order chi connectivity index (χ0) is 11.7. The first-order valence-electron chi connectivity index (χ1n) is 4.17. The first-order valence-corrected chi connectivity index (χ1v) is 4.17. The van der Waals surface area contributed by atoms with Crippen LogP contribution in [0.3, 0.4) is 0 Å². The van der Waals surface area contributed by atoms with Crippen LogP contribution in [0.1, 0.15) is 5.89 Å². The van der Waals surface area contributed by atoms with E-state index in [-0.39, 0.29) is 5.89 Å². The summed E-state index contributed by atoms with van der Waals surface area (Å²) in [6.07, 6.45) is 0. The van der Waals surface area contributed by atoms with Crippen molar-refractivity contribution in [2.45, 2.75) is 6.61 Å². The van der Waals surface area contributed by atoms with Gasteiger partial charge in [0.05, 0.1) is 5.56 Å². The zero-order valence-electron chi connectivity index (χ0n) is 7.71. The summed E-state index contributed by atoms with van der Waals surface area (Å²) in [7, 11) is 0. The maximum absolute atomic E-state index is 13.2. The molecule has 0 aliphatic carbocycles. The van der Waals surface area contributed by atoms with Gasteiger partial charge in [-0.05, 0) is 0 Å². The molecule has 0 saturated carbocycles. The standard InChI is InChI=1S/C9H4F3N2O2/c10-4-1-5(11)8(6(12)2-4)9-13-7(3-15)16-14-9/h1-2H,3H2. The minimum atomic E-state index is -1.16. The Kier molecular flexibility index (Phi) is 2.61. The molecule has 2 rings (SSSR count). The van der Waals surface area contributed by atoms with Gasteiger partial charge in [0.2, 0.25) is 5.82 Å². The molecule has 0 bridgehead atoms. The highest BCUT2D eigenvalue weighted by Gasteiger charge is 2.18. The van der Waals surface area contributed by atoms with E-state index < -0.39 is 35.4 Å². The van der Waals surface area contributed by atoms with Gasteiger partial charge in [-0.15, -0.1) is 0 Å². The van der Waals surface area contributed by atoms with E-state index >= 15 is 0 Å². The van der Waals surface area contributed by atoms with Crippen LogP contribution in [0.5, 0.6) is 0 Å². The third-order valence-electron chi connectivity index (χ3n) is 1.82. The summed E-state index contributed by atoms with van der Waals surface area (Å²) in [5.41, 5.74) is -0.621. The monoisotopic (exact) mass is 229 g/mol. The van der Waals surface area contributed by atoms with Gasteiger partial charge in [-0.2, -0.15) is 4.98 Å². The Hall–Kier alpha value is -1.89. The summed E-state index contributed by atoms with van der Waals surface area (Å²) in [5, 5.41) is 13.6. The van der Waals surface area contributed by atoms with E-state index in [2.05, 4.69) is 14.7 Å². The van der Waals surface area contributed by atoms with Crippen LogP contribution in [-0.2, 0) is 11.7 Å². The Morgan fingerprint density at radius 2 is 1.81 bits per heavy atom. The number of rotatable bonds is 2. The van der Waals surface area contributed by atoms with E-state index in [1.165, 1.54) is 0 Å². The second kappa shape index (κ2) is 3.93. The summed E-state index contributed by atoms with van der Waals surface area (Å²) >= 11 is 0. The average Bonchev–Trinajstić information content (AvgIpc) is 2.64. The first kappa shape index (κ1) is 10.6. The van der Waals surface area contributed by atoms with Crippen LogP contribution in [0, 0.1) is 17.5 Å². The van der Waals surface area contributed by atoms with Gasteiger partial charge in [0, 0.05) is 12.1 Å². The molecule has 1 heterocycles. The minimum Gasteiger partial charge on any atom is -0.336 e. The molecule has 0 aliphatic rings. The topological polar surface area (TPSA) is 58.8 Å². The predicted octanol–water partition coefficient (Wildman–Crippen LogP) is 2.08. The van der Waals surface area contributed by atoms with Crippen molar-refractivity contribution in [3.63, 3.8) is 0 Å². The molecular weight excluding hydrogens is 225 g/mol. The summed E-state index contributed by atoms with van der Waals surface area (Å²) in [4.78, 5) is 3.46. The van der Waals surface area contributed by atoms with E-state index in [0.29, 0.717) is 12.1 Å².